The number of nitrogens with zero attached hydrogens (tertiary/aromatic N) is 6. The first-order valence-corrected chi connectivity index (χ1v) is 8.58. The molecule has 0 aliphatic heterocycles. The van der Waals surface area contributed by atoms with Crippen molar-refractivity contribution in [2.24, 2.45) is 0 Å². The maximum atomic E-state index is 5.44. The van der Waals surface area contributed by atoms with Crippen LogP contribution >= 0.6 is 0 Å². The van der Waals surface area contributed by atoms with Crippen molar-refractivity contribution < 1.29 is 9.26 Å². The van der Waals surface area contributed by atoms with Crippen LogP contribution in [-0.2, 0) is 0 Å². The molecule has 0 spiro atoms. The van der Waals surface area contributed by atoms with Crippen LogP contribution < -0.4 is 4.74 Å². The number of methoxy groups -OCH3 is 1. The van der Waals surface area contributed by atoms with Crippen LogP contribution in [0.3, 0.4) is 0 Å². The number of para-hydroxylation sites is 2. The van der Waals surface area contributed by atoms with Crippen molar-refractivity contribution >= 4 is 10.9 Å². The van der Waals surface area contributed by atoms with E-state index in [4.69, 9.17) is 9.26 Å². The quantitative estimate of drug-likeness (QED) is 0.478. The van der Waals surface area contributed by atoms with Crippen LogP contribution in [0.2, 0.25) is 0 Å². The Morgan fingerprint density at radius 2 is 1.79 bits per heavy atom. The van der Waals surface area contributed by atoms with Gasteiger partial charge in [-0.25, -0.2) is 9.67 Å². The van der Waals surface area contributed by atoms with Crippen molar-refractivity contribution in [3.05, 3.63) is 66.9 Å². The van der Waals surface area contributed by atoms with Crippen LogP contribution in [0.15, 0.2) is 71.4 Å². The van der Waals surface area contributed by atoms with Gasteiger partial charge < -0.3 is 9.26 Å². The molecule has 8 nitrogen and oxygen atoms in total. The summed E-state index contributed by atoms with van der Waals surface area (Å²) in [5, 5.41) is 13.3. The molecule has 5 rings (SSSR count). The minimum atomic E-state index is 0.289. The van der Waals surface area contributed by atoms with Gasteiger partial charge in [0.2, 0.25) is 11.7 Å². The van der Waals surface area contributed by atoms with Crippen molar-refractivity contribution in [1.82, 2.24) is 30.1 Å². The van der Waals surface area contributed by atoms with Gasteiger partial charge >= 0.3 is 0 Å². The highest BCUT2D eigenvalue weighted by atomic mass is 16.5. The zero-order chi connectivity index (χ0) is 18.9. The second kappa shape index (κ2) is 6.58. The summed E-state index contributed by atoms with van der Waals surface area (Å²) in [7, 11) is 1.57. The highest BCUT2D eigenvalue weighted by Crippen LogP contribution is 2.30. The Hall–Kier alpha value is -4.07. The average Bonchev–Trinajstić information content (AvgIpc) is 3.43. The fraction of sp³-hybridized carbons (Fsp3) is 0.0500. The van der Waals surface area contributed by atoms with Gasteiger partial charge in [-0.2, -0.15) is 4.98 Å². The van der Waals surface area contributed by atoms with E-state index in [0.717, 1.165) is 22.2 Å². The molecule has 0 saturated carbocycles. The molecule has 0 amide bonds. The maximum absolute atomic E-state index is 5.44. The third-order valence-electron chi connectivity index (χ3n) is 4.30. The molecule has 0 aliphatic rings. The van der Waals surface area contributed by atoms with Crippen LogP contribution in [0.25, 0.3) is 39.6 Å². The monoisotopic (exact) mass is 370 g/mol. The third kappa shape index (κ3) is 2.77. The molecule has 0 atom stereocenters. The Morgan fingerprint density at radius 1 is 0.964 bits per heavy atom. The smallest absolute Gasteiger partial charge is 0.280 e. The SMILES string of the molecule is COc1cc(-c2noc(-c3cn(-c4ccccc4)nn3)n2)c2ccccc2n1. The highest BCUT2D eigenvalue weighted by Gasteiger charge is 2.17. The van der Waals surface area contributed by atoms with E-state index in [2.05, 4.69) is 25.4 Å². The van der Waals surface area contributed by atoms with Crippen LogP contribution in [0.5, 0.6) is 5.88 Å². The lowest BCUT2D eigenvalue weighted by molar-refractivity contribution is 0.399. The molecular weight excluding hydrogens is 356 g/mol. The predicted molar refractivity (Wildman–Crippen MR) is 102 cm³/mol. The van der Waals surface area contributed by atoms with E-state index in [1.165, 1.54) is 0 Å². The van der Waals surface area contributed by atoms with Gasteiger partial charge in [-0.3, -0.25) is 0 Å². The maximum Gasteiger partial charge on any atom is 0.280 e. The van der Waals surface area contributed by atoms with Crippen LogP contribution in [0, 0.1) is 0 Å². The standard InChI is InChI=1S/C20H14N6O2/c1-27-18-11-15(14-9-5-6-10-16(14)21-18)19-22-20(28-24-19)17-12-26(25-23-17)13-7-3-2-4-8-13/h2-12H,1H3. The molecular formula is C20H14N6O2. The average molecular weight is 370 g/mol. The van der Waals surface area contributed by atoms with Crippen molar-refractivity contribution in [3.63, 3.8) is 0 Å². The summed E-state index contributed by atoms with van der Waals surface area (Å²) >= 11 is 0. The van der Waals surface area contributed by atoms with Crippen LogP contribution in [0.1, 0.15) is 0 Å². The summed E-state index contributed by atoms with van der Waals surface area (Å²) in [6.07, 6.45) is 1.75. The van der Waals surface area contributed by atoms with Gasteiger partial charge in [-0.15, -0.1) is 5.10 Å². The van der Waals surface area contributed by atoms with Crippen molar-refractivity contribution in [3.8, 4) is 34.5 Å². The van der Waals surface area contributed by atoms with Crippen LogP contribution in [0.4, 0.5) is 0 Å². The number of hydrogen-bond acceptors (Lipinski definition) is 7. The van der Waals surface area contributed by atoms with Gasteiger partial charge in [-0.05, 0) is 18.2 Å². The van der Waals surface area contributed by atoms with Crippen molar-refractivity contribution in [1.29, 1.82) is 0 Å². The molecule has 0 fully saturated rings. The number of rotatable bonds is 4. The molecule has 3 heterocycles. The first-order valence-electron chi connectivity index (χ1n) is 8.58. The van der Waals surface area contributed by atoms with Gasteiger partial charge in [0.15, 0.2) is 5.69 Å². The first kappa shape index (κ1) is 16.1. The van der Waals surface area contributed by atoms with Gasteiger partial charge in [0.05, 0.1) is 24.5 Å². The summed E-state index contributed by atoms with van der Waals surface area (Å²) in [5.41, 5.74) is 2.95. The molecule has 0 radical (unpaired) electrons. The molecule has 0 bridgehead atoms. The molecule has 8 heteroatoms. The molecule has 136 valence electrons. The lowest BCUT2D eigenvalue weighted by atomic mass is 10.1. The van der Waals surface area contributed by atoms with Crippen molar-refractivity contribution in [2.45, 2.75) is 0 Å². The molecule has 3 aromatic heterocycles. The van der Waals surface area contributed by atoms with Crippen LogP contribution in [-0.4, -0.2) is 37.2 Å². The van der Waals surface area contributed by atoms with E-state index in [1.54, 1.807) is 24.1 Å². The summed E-state index contributed by atoms with van der Waals surface area (Å²) in [4.78, 5) is 8.95. The minimum Gasteiger partial charge on any atom is -0.481 e. The largest absolute Gasteiger partial charge is 0.481 e. The molecule has 2 aromatic carbocycles. The summed E-state index contributed by atoms with van der Waals surface area (Å²) in [5.74, 6) is 1.20. The Balaban J connectivity index is 1.56. The van der Waals surface area contributed by atoms with Gasteiger partial charge in [0.1, 0.15) is 0 Å². The van der Waals surface area contributed by atoms with E-state index in [1.807, 2.05) is 54.6 Å². The molecule has 0 unspecified atom stereocenters. The summed E-state index contributed by atoms with van der Waals surface area (Å²) in [6.45, 7) is 0. The zero-order valence-electron chi connectivity index (χ0n) is 14.9. The number of ether oxygens (including phenoxy) is 1. The van der Waals surface area contributed by atoms with E-state index in [0.29, 0.717) is 17.4 Å². The highest BCUT2D eigenvalue weighted by molar-refractivity contribution is 5.93. The van der Waals surface area contributed by atoms with Crippen molar-refractivity contribution in [2.75, 3.05) is 7.11 Å². The Morgan fingerprint density at radius 3 is 2.64 bits per heavy atom. The Bertz CT molecular complexity index is 1260. The van der Waals surface area contributed by atoms with E-state index in [9.17, 15) is 0 Å². The normalized spacial score (nSPS) is 11.0. The van der Waals surface area contributed by atoms with Gasteiger partial charge in [-0.1, -0.05) is 46.8 Å². The predicted octanol–water partition coefficient (Wildman–Crippen LogP) is 3.54. The van der Waals surface area contributed by atoms with Gasteiger partial charge in [0.25, 0.3) is 5.89 Å². The number of fused-ring (bicyclic) bond motifs is 1. The molecule has 0 aliphatic carbocycles. The molecule has 0 saturated heterocycles. The van der Waals surface area contributed by atoms with Gasteiger partial charge in [0, 0.05) is 17.0 Å². The first-order chi connectivity index (χ1) is 13.8. The lowest BCUT2D eigenvalue weighted by Gasteiger charge is -2.05. The lowest BCUT2D eigenvalue weighted by Crippen LogP contribution is -1.93. The topological polar surface area (TPSA) is 91.8 Å². The van der Waals surface area contributed by atoms with E-state index < -0.39 is 0 Å². The van der Waals surface area contributed by atoms with E-state index in [-0.39, 0.29) is 5.89 Å². The second-order valence-corrected chi connectivity index (χ2v) is 6.04. The number of hydrogen-bond donors (Lipinski definition) is 0. The summed E-state index contributed by atoms with van der Waals surface area (Å²) in [6, 6.07) is 19.2. The Kier molecular flexibility index (Phi) is 3.79. The number of pyridine rings is 1. The fourth-order valence-corrected chi connectivity index (χ4v) is 2.95. The fourth-order valence-electron chi connectivity index (χ4n) is 2.95. The second-order valence-electron chi connectivity index (χ2n) is 6.04. The Labute approximate surface area is 159 Å². The molecule has 5 aromatic rings. The molecule has 28 heavy (non-hydrogen) atoms. The zero-order valence-corrected chi connectivity index (χ0v) is 14.9. The molecule has 0 N–H and O–H groups in total. The number of aromatic nitrogens is 6. The van der Waals surface area contributed by atoms with E-state index >= 15 is 0 Å². The third-order valence-corrected chi connectivity index (χ3v) is 4.30. The summed E-state index contributed by atoms with van der Waals surface area (Å²) < 4.78 is 12.4. The number of benzene rings is 2. The minimum absolute atomic E-state index is 0.289.